The van der Waals surface area contributed by atoms with Crippen molar-refractivity contribution in [2.75, 3.05) is 19.7 Å². The molecule has 11 heteroatoms. The second-order valence-corrected chi connectivity index (χ2v) is 12.8. The van der Waals surface area contributed by atoms with Crippen LogP contribution < -0.4 is 4.80 Å². The minimum Gasteiger partial charge on any atom is -0.465 e. The molecular formula is C24H29N3O5S3. The van der Waals surface area contributed by atoms with Gasteiger partial charge in [-0.3, -0.25) is 9.59 Å². The monoisotopic (exact) mass is 535 g/mol. The predicted molar refractivity (Wildman–Crippen MR) is 137 cm³/mol. The maximum Gasteiger partial charge on any atom is 0.326 e. The van der Waals surface area contributed by atoms with Crippen molar-refractivity contribution in [3.05, 3.63) is 46.1 Å². The number of fused-ring (bicyclic) bond motifs is 1. The summed E-state index contributed by atoms with van der Waals surface area (Å²) >= 11 is 2.57. The van der Waals surface area contributed by atoms with Crippen LogP contribution in [0.1, 0.15) is 45.1 Å². The number of hydrogen-bond donors (Lipinski definition) is 0. The van der Waals surface area contributed by atoms with E-state index in [0.29, 0.717) is 27.8 Å². The smallest absolute Gasteiger partial charge is 0.326 e. The molecule has 8 nitrogen and oxygen atoms in total. The molecule has 1 saturated heterocycles. The lowest BCUT2D eigenvalue weighted by Crippen LogP contribution is -2.40. The number of carbonyl (C=O) groups is 2. The van der Waals surface area contributed by atoms with Crippen molar-refractivity contribution in [3.63, 3.8) is 0 Å². The Labute approximate surface area is 212 Å². The molecule has 1 aromatic carbocycles. The van der Waals surface area contributed by atoms with Crippen LogP contribution in [0.5, 0.6) is 0 Å². The second-order valence-electron chi connectivity index (χ2n) is 8.72. The molecule has 1 fully saturated rings. The number of benzene rings is 1. The van der Waals surface area contributed by atoms with Gasteiger partial charge in [-0.2, -0.15) is 9.30 Å². The minimum absolute atomic E-state index is 0.0293. The molecule has 0 spiro atoms. The molecule has 4 rings (SSSR count). The Bertz CT molecular complexity index is 1380. The molecule has 3 heterocycles. The van der Waals surface area contributed by atoms with Crippen molar-refractivity contribution < 1.29 is 22.7 Å². The van der Waals surface area contributed by atoms with Gasteiger partial charge in [0.2, 0.25) is 0 Å². The number of sulfonamides is 1. The van der Waals surface area contributed by atoms with Crippen molar-refractivity contribution >= 4 is 54.8 Å². The summed E-state index contributed by atoms with van der Waals surface area (Å²) in [6.07, 6.45) is 0.820. The number of aromatic nitrogens is 1. The van der Waals surface area contributed by atoms with E-state index in [4.69, 9.17) is 4.74 Å². The maximum absolute atomic E-state index is 13.1. The Hall–Kier alpha value is -2.34. The fraction of sp³-hybridized carbons (Fsp3) is 0.458. The highest BCUT2D eigenvalue weighted by Crippen LogP contribution is 2.27. The zero-order valence-corrected chi connectivity index (χ0v) is 22.4. The van der Waals surface area contributed by atoms with E-state index < -0.39 is 10.0 Å². The predicted octanol–water partition coefficient (Wildman–Crippen LogP) is 3.98. The molecule has 1 aliphatic heterocycles. The average Bonchev–Trinajstić information content (AvgIpc) is 3.48. The molecule has 1 amide bonds. The quantitative estimate of drug-likeness (QED) is 0.426. The molecule has 3 aromatic rings. The van der Waals surface area contributed by atoms with Crippen molar-refractivity contribution in [2.45, 2.75) is 50.3 Å². The van der Waals surface area contributed by atoms with Gasteiger partial charge < -0.3 is 9.30 Å². The number of hydrogen-bond acceptors (Lipinski definition) is 7. The summed E-state index contributed by atoms with van der Waals surface area (Å²) in [6, 6.07) is 9.37. The van der Waals surface area contributed by atoms with E-state index in [9.17, 15) is 18.0 Å². The average molecular weight is 536 g/mol. The molecule has 0 N–H and O–H groups in total. The normalized spacial score (nSPS) is 16.3. The second kappa shape index (κ2) is 10.7. The lowest BCUT2D eigenvalue weighted by Gasteiger charge is -2.29. The summed E-state index contributed by atoms with van der Waals surface area (Å²) in [7, 11) is -3.52. The van der Waals surface area contributed by atoms with Gasteiger partial charge in [0.15, 0.2) is 4.80 Å². The van der Waals surface area contributed by atoms with E-state index in [-0.39, 0.29) is 44.0 Å². The lowest BCUT2D eigenvalue weighted by atomic mass is 9.98. The molecule has 0 unspecified atom stereocenters. The third-order valence-corrected chi connectivity index (χ3v) is 10.4. The summed E-state index contributed by atoms with van der Waals surface area (Å²) < 4.78 is 35.1. The van der Waals surface area contributed by atoms with Crippen LogP contribution in [-0.2, 0) is 30.9 Å². The van der Waals surface area contributed by atoms with Gasteiger partial charge >= 0.3 is 5.97 Å². The molecule has 35 heavy (non-hydrogen) atoms. The van der Waals surface area contributed by atoms with Crippen molar-refractivity contribution in [1.82, 2.24) is 8.87 Å². The van der Waals surface area contributed by atoms with Gasteiger partial charge in [0.1, 0.15) is 10.8 Å². The van der Waals surface area contributed by atoms with Gasteiger partial charge in [0.05, 0.1) is 16.8 Å². The van der Waals surface area contributed by atoms with E-state index in [2.05, 4.69) is 24.9 Å². The van der Waals surface area contributed by atoms with Crippen LogP contribution in [0.25, 0.3) is 10.2 Å². The van der Waals surface area contributed by atoms with Crippen LogP contribution in [0, 0.1) is 5.92 Å². The minimum atomic E-state index is -3.52. The number of carbonyl (C=O) groups excluding carboxylic acids is 2. The first-order valence-electron chi connectivity index (χ1n) is 11.6. The molecule has 188 valence electrons. The van der Waals surface area contributed by atoms with Crippen LogP contribution in [-0.4, -0.2) is 48.9 Å². The van der Waals surface area contributed by atoms with Crippen LogP contribution in [0.2, 0.25) is 0 Å². The number of amides is 1. The number of nitrogens with zero attached hydrogens (tertiary/aromatic N) is 3. The van der Waals surface area contributed by atoms with Crippen molar-refractivity contribution in [3.8, 4) is 0 Å². The third kappa shape index (κ3) is 5.58. The Morgan fingerprint density at radius 1 is 1.20 bits per heavy atom. The van der Waals surface area contributed by atoms with Crippen molar-refractivity contribution in [1.29, 1.82) is 0 Å². The molecular weight excluding hydrogens is 506 g/mol. The zero-order chi connectivity index (χ0) is 25.2. The fourth-order valence-electron chi connectivity index (χ4n) is 4.09. The van der Waals surface area contributed by atoms with Gasteiger partial charge in [0, 0.05) is 19.0 Å². The number of thiophene rings is 1. The highest BCUT2D eigenvalue weighted by atomic mass is 32.2. The summed E-state index contributed by atoms with van der Waals surface area (Å²) in [6.45, 7) is 6.78. The summed E-state index contributed by atoms with van der Waals surface area (Å²) in [5, 5.41) is 1.74. The fourth-order valence-corrected chi connectivity index (χ4v) is 7.79. The first-order chi connectivity index (χ1) is 16.7. The number of piperidine rings is 1. The Morgan fingerprint density at radius 2 is 1.94 bits per heavy atom. The number of esters is 1. The maximum atomic E-state index is 13.1. The van der Waals surface area contributed by atoms with Gasteiger partial charge in [-0.15, -0.1) is 11.3 Å². The largest absolute Gasteiger partial charge is 0.465 e. The van der Waals surface area contributed by atoms with Gasteiger partial charge in [-0.05, 0) is 54.8 Å². The van der Waals surface area contributed by atoms with E-state index in [1.807, 2.05) is 12.1 Å². The van der Waals surface area contributed by atoms with Gasteiger partial charge in [-0.1, -0.05) is 37.3 Å². The first kappa shape index (κ1) is 25.7. The summed E-state index contributed by atoms with van der Waals surface area (Å²) in [4.78, 5) is 30.2. The van der Waals surface area contributed by atoms with Crippen molar-refractivity contribution in [2.24, 2.45) is 10.9 Å². The van der Waals surface area contributed by atoms with E-state index in [1.54, 1.807) is 29.0 Å². The van der Waals surface area contributed by atoms with E-state index in [1.165, 1.54) is 32.5 Å². The Kier molecular flexibility index (Phi) is 7.89. The van der Waals surface area contributed by atoms with Gasteiger partial charge in [-0.25, -0.2) is 8.42 Å². The van der Waals surface area contributed by atoms with Crippen LogP contribution in [0.3, 0.4) is 0 Å². The van der Waals surface area contributed by atoms with Crippen LogP contribution in [0.15, 0.2) is 44.9 Å². The molecule has 0 radical (unpaired) electrons. The lowest BCUT2D eigenvalue weighted by molar-refractivity contribution is -0.143. The molecule has 1 aliphatic rings. The van der Waals surface area contributed by atoms with Crippen LogP contribution in [0.4, 0.5) is 0 Å². The highest BCUT2D eigenvalue weighted by Gasteiger charge is 2.32. The van der Waals surface area contributed by atoms with E-state index >= 15 is 0 Å². The first-order valence-corrected chi connectivity index (χ1v) is 14.8. The molecule has 0 saturated carbocycles. The van der Waals surface area contributed by atoms with E-state index in [0.717, 1.165) is 10.2 Å². The molecule has 2 aromatic heterocycles. The molecule has 0 atom stereocenters. The topological polar surface area (TPSA) is 98.0 Å². The standard InChI is InChI=1S/C24H29N3O5S3/c1-4-32-21(28)15-27-19-8-7-18(16(2)3)14-20(19)34-24(27)25-23(29)17-9-11-26(12-10-17)35(30,31)22-6-5-13-33-22/h5-8,13-14,16-17H,4,9-12,15H2,1-3H3. The molecule has 0 aliphatic carbocycles. The molecule has 0 bridgehead atoms. The number of ether oxygens (including phenoxy) is 1. The third-order valence-electron chi connectivity index (χ3n) is 6.06. The SMILES string of the molecule is CCOC(=O)Cn1c(=NC(=O)C2CCN(S(=O)(=O)c3cccs3)CC2)sc2cc(C(C)C)ccc21. The van der Waals surface area contributed by atoms with Crippen LogP contribution >= 0.6 is 22.7 Å². The number of thiazole rings is 1. The number of rotatable bonds is 7. The highest BCUT2D eigenvalue weighted by molar-refractivity contribution is 7.91. The zero-order valence-electron chi connectivity index (χ0n) is 20.0. The Morgan fingerprint density at radius 3 is 2.57 bits per heavy atom. The summed E-state index contributed by atoms with van der Waals surface area (Å²) in [5.74, 6) is -0.692. The summed E-state index contributed by atoms with van der Waals surface area (Å²) in [5.41, 5.74) is 2.00. The Balaban J connectivity index is 1.59. The van der Waals surface area contributed by atoms with Gasteiger partial charge in [0.25, 0.3) is 15.9 Å².